The SMILES string of the molecule is CCCCC/C=C\C/C=C\CCCCCCCCC1(CCCCCCCC/C=C\C/C=C\CCCCC)CC2(C[C@H]3CC(CCCCC(C)(C)CCCC)C[C@H]3C2)C1. The molecular weight excluding hydrogens is 697 g/mol. The Hall–Kier alpha value is -1.04. The van der Waals surface area contributed by atoms with Gasteiger partial charge in [0.25, 0.3) is 0 Å². The smallest absolute Gasteiger partial charge is 0.0169 e. The molecule has 336 valence electrons. The summed E-state index contributed by atoms with van der Waals surface area (Å²) < 4.78 is 0. The Kier molecular flexibility index (Phi) is 28.1. The molecule has 0 N–H and O–H groups in total. The zero-order valence-corrected chi connectivity index (χ0v) is 40.4. The summed E-state index contributed by atoms with van der Waals surface area (Å²) in [6.07, 6.45) is 75.0. The molecular formula is C58H104. The van der Waals surface area contributed by atoms with Crippen LogP contribution in [0.25, 0.3) is 0 Å². The molecule has 0 saturated heterocycles. The first-order valence-electron chi connectivity index (χ1n) is 26.9. The second-order valence-corrected chi connectivity index (χ2v) is 21.8. The van der Waals surface area contributed by atoms with Crippen molar-refractivity contribution in [2.24, 2.45) is 34.0 Å². The van der Waals surface area contributed by atoms with Crippen LogP contribution in [0.2, 0.25) is 0 Å². The van der Waals surface area contributed by atoms with Crippen LogP contribution in [0, 0.1) is 34.0 Å². The summed E-state index contributed by atoms with van der Waals surface area (Å²) in [4.78, 5) is 0. The zero-order chi connectivity index (χ0) is 41.5. The molecule has 0 radical (unpaired) electrons. The van der Waals surface area contributed by atoms with Gasteiger partial charge in [0.2, 0.25) is 0 Å². The molecule has 0 aliphatic heterocycles. The maximum atomic E-state index is 2.52. The highest BCUT2D eigenvalue weighted by molar-refractivity contribution is 5.10. The molecule has 0 aromatic rings. The summed E-state index contributed by atoms with van der Waals surface area (Å²) in [5.41, 5.74) is 2.04. The van der Waals surface area contributed by atoms with Gasteiger partial charge in [0, 0.05) is 0 Å². The Balaban J connectivity index is 1.31. The summed E-state index contributed by atoms with van der Waals surface area (Å²) in [6.45, 7) is 12.0. The predicted molar refractivity (Wildman–Crippen MR) is 263 cm³/mol. The van der Waals surface area contributed by atoms with E-state index < -0.39 is 0 Å². The summed E-state index contributed by atoms with van der Waals surface area (Å²) in [6, 6.07) is 0. The van der Waals surface area contributed by atoms with Gasteiger partial charge in [-0.3, -0.25) is 0 Å². The third kappa shape index (κ3) is 22.7. The van der Waals surface area contributed by atoms with E-state index in [9.17, 15) is 0 Å². The summed E-state index contributed by atoms with van der Waals surface area (Å²) in [7, 11) is 0. The van der Waals surface area contributed by atoms with Crippen LogP contribution in [-0.2, 0) is 0 Å². The quantitative estimate of drug-likeness (QED) is 0.0431. The lowest BCUT2D eigenvalue weighted by molar-refractivity contribution is -0.0584. The van der Waals surface area contributed by atoms with E-state index in [2.05, 4.69) is 83.2 Å². The Labute approximate surface area is 366 Å². The molecule has 0 heterocycles. The number of unbranched alkanes of at least 4 members (excludes halogenated alkanes) is 20. The first kappa shape index (κ1) is 51.3. The fraction of sp³-hybridized carbons (Fsp3) is 0.862. The molecule has 58 heavy (non-hydrogen) atoms. The van der Waals surface area contributed by atoms with Crippen molar-refractivity contribution in [1.82, 2.24) is 0 Å². The fourth-order valence-electron chi connectivity index (χ4n) is 12.4. The average Bonchev–Trinajstić information content (AvgIpc) is 3.74. The largest absolute Gasteiger partial charge is 0.0882 e. The topological polar surface area (TPSA) is 0 Å². The lowest BCUT2D eigenvalue weighted by atomic mass is 9.48. The van der Waals surface area contributed by atoms with Gasteiger partial charge in [-0.15, -0.1) is 0 Å². The van der Waals surface area contributed by atoms with Gasteiger partial charge in [0.15, 0.2) is 0 Å². The highest BCUT2D eigenvalue weighted by atomic mass is 14.6. The van der Waals surface area contributed by atoms with Crippen LogP contribution in [0.3, 0.4) is 0 Å². The van der Waals surface area contributed by atoms with Gasteiger partial charge >= 0.3 is 0 Å². The molecule has 1 unspecified atom stereocenters. The maximum absolute atomic E-state index is 2.52. The van der Waals surface area contributed by atoms with E-state index in [4.69, 9.17) is 0 Å². The van der Waals surface area contributed by atoms with Crippen LogP contribution in [0.1, 0.15) is 285 Å². The molecule has 3 saturated carbocycles. The molecule has 3 aliphatic carbocycles. The van der Waals surface area contributed by atoms with E-state index in [0.29, 0.717) is 10.8 Å². The Morgan fingerprint density at radius 1 is 0.431 bits per heavy atom. The van der Waals surface area contributed by atoms with E-state index in [1.807, 2.05) is 0 Å². The van der Waals surface area contributed by atoms with Crippen molar-refractivity contribution in [3.63, 3.8) is 0 Å². The normalized spacial score (nSPS) is 21.5. The highest BCUT2D eigenvalue weighted by Gasteiger charge is 2.59. The van der Waals surface area contributed by atoms with Gasteiger partial charge in [-0.2, -0.15) is 0 Å². The Morgan fingerprint density at radius 2 is 0.828 bits per heavy atom. The van der Waals surface area contributed by atoms with E-state index >= 15 is 0 Å². The van der Waals surface area contributed by atoms with Crippen LogP contribution < -0.4 is 0 Å². The average molecular weight is 801 g/mol. The lowest BCUT2D eigenvalue weighted by Crippen LogP contribution is -2.45. The van der Waals surface area contributed by atoms with Gasteiger partial charge in [-0.1, -0.05) is 205 Å². The second-order valence-electron chi connectivity index (χ2n) is 21.8. The van der Waals surface area contributed by atoms with Crippen molar-refractivity contribution in [2.45, 2.75) is 285 Å². The molecule has 0 heteroatoms. The third-order valence-electron chi connectivity index (χ3n) is 15.6. The number of hydrogen-bond acceptors (Lipinski definition) is 0. The van der Waals surface area contributed by atoms with Crippen molar-refractivity contribution in [2.75, 3.05) is 0 Å². The van der Waals surface area contributed by atoms with E-state index in [1.54, 1.807) is 51.4 Å². The highest BCUT2D eigenvalue weighted by Crippen LogP contribution is 2.70. The third-order valence-corrected chi connectivity index (χ3v) is 15.6. The predicted octanol–water partition coefficient (Wildman–Crippen LogP) is 20.4. The molecule has 3 fully saturated rings. The fourth-order valence-corrected chi connectivity index (χ4v) is 12.4. The van der Waals surface area contributed by atoms with E-state index in [-0.39, 0.29) is 0 Å². The van der Waals surface area contributed by atoms with Gasteiger partial charge in [-0.25, -0.2) is 0 Å². The molecule has 3 rings (SSSR count). The van der Waals surface area contributed by atoms with E-state index in [1.165, 1.54) is 186 Å². The van der Waals surface area contributed by atoms with Crippen molar-refractivity contribution in [3.05, 3.63) is 48.6 Å². The number of allylic oxidation sites excluding steroid dienone is 8. The zero-order valence-electron chi connectivity index (χ0n) is 40.4. The maximum Gasteiger partial charge on any atom is -0.0169 e. The molecule has 0 aromatic heterocycles. The first-order valence-corrected chi connectivity index (χ1v) is 26.9. The number of hydrogen-bond donors (Lipinski definition) is 0. The number of fused-ring (bicyclic) bond motifs is 1. The van der Waals surface area contributed by atoms with Crippen LogP contribution >= 0.6 is 0 Å². The first-order chi connectivity index (χ1) is 28.3. The molecule has 3 atom stereocenters. The lowest BCUT2D eigenvalue weighted by Gasteiger charge is -2.57. The Morgan fingerprint density at radius 3 is 1.28 bits per heavy atom. The van der Waals surface area contributed by atoms with Gasteiger partial charge < -0.3 is 0 Å². The summed E-state index contributed by atoms with van der Waals surface area (Å²) in [5.74, 6) is 3.24. The minimum atomic E-state index is 0.565. The standard InChI is InChI=1S/C58H104/c1-6-9-12-14-16-18-20-22-24-26-28-30-32-34-36-39-45-57(46-40-37-35-33-31-29-27-25-23-21-19-17-15-13-10-7-2)51-58(52-57)49-54-47-53(48-55(54)50-58)42-38-41-44-56(4,5)43-11-8-3/h16-19,22-25,53-55H,6-15,20-21,26-52H2,1-5H3/b18-16-,19-17-,24-22-,25-23-/t53?,54-,55+. The van der Waals surface area contributed by atoms with Gasteiger partial charge in [-0.05, 0) is 162 Å². The van der Waals surface area contributed by atoms with Crippen molar-refractivity contribution >= 4 is 0 Å². The molecule has 3 aliphatic rings. The van der Waals surface area contributed by atoms with Crippen LogP contribution in [0.5, 0.6) is 0 Å². The molecule has 0 nitrogen and oxygen atoms in total. The summed E-state index contributed by atoms with van der Waals surface area (Å²) in [5, 5.41) is 0. The molecule has 0 amide bonds. The van der Waals surface area contributed by atoms with Crippen LogP contribution in [0.4, 0.5) is 0 Å². The number of rotatable bonds is 38. The summed E-state index contributed by atoms with van der Waals surface area (Å²) >= 11 is 0. The minimum absolute atomic E-state index is 0.565. The van der Waals surface area contributed by atoms with Crippen LogP contribution in [0.15, 0.2) is 48.6 Å². The van der Waals surface area contributed by atoms with Gasteiger partial charge in [0.1, 0.15) is 0 Å². The molecule has 0 bridgehead atoms. The van der Waals surface area contributed by atoms with Crippen molar-refractivity contribution < 1.29 is 0 Å². The minimum Gasteiger partial charge on any atom is -0.0882 e. The van der Waals surface area contributed by atoms with Crippen molar-refractivity contribution in [3.8, 4) is 0 Å². The molecule has 0 aromatic carbocycles. The monoisotopic (exact) mass is 801 g/mol. The molecule has 1 spiro atoms. The van der Waals surface area contributed by atoms with E-state index in [0.717, 1.165) is 36.0 Å². The van der Waals surface area contributed by atoms with Gasteiger partial charge in [0.05, 0.1) is 0 Å². The second kappa shape index (κ2) is 31.8. The Bertz CT molecular complexity index is 1010. The van der Waals surface area contributed by atoms with Crippen LogP contribution in [-0.4, -0.2) is 0 Å². The van der Waals surface area contributed by atoms with Crippen molar-refractivity contribution in [1.29, 1.82) is 0 Å².